The van der Waals surface area contributed by atoms with Crippen LogP contribution >= 0.6 is 0 Å². The standard InChI is InChI=1S/C18H17FN6/c1-3-25-15-9-12(2)21-10-14(15)23-17(25)11-24-8-7-20-18(24)13-5-4-6-16(19)22-13/h4-10H,3,11H2,1-2H3. The van der Waals surface area contributed by atoms with Crippen LogP contribution in [0.4, 0.5) is 4.39 Å². The van der Waals surface area contributed by atoms with Crippen LogP contribution in [0.5, 0.6) is 0 Å². The molecule has 4 aromatic rings. The van der Waals surface area contributed by atoms with E-state index in [9.17, 15) is 4.39 Å². The predicted octanol–water partition coefficient (Wildman–Crippen LogP) is 3.21. The number of pyridine rings is 2. The van der Waals surface area contributed by atoms with Crippen LogP contribution in [0.1, 0.15) is 18.4 Å². The van der Waals surface area contributed by atoms with E-state index in [0.717, 1.165) is 29.1 Å². The molecule has 0 atom stereocenters. The van der Waals surface area contributed by atoms with Crippen molar-refractivity contribution in [2.45, 2.75) is 26.9 Å². The number of hydrogen-bond acceptors (Lipinski definition) is 4. The molecule has 0 saturated heterocycles. The molecule has 25 heavy (non-hydrogen) atoms. The lowest BCUT2D eigenvalue weighted by Gasteiger charge is -2.09. The highest BCUT2D eigenvalue weighted by Gasteiger charge is 2.14. The van der Waals surface area contributed by atoms with Gasteiger partial charge in [-0.2, -0.15) is 4.39 Å². The summed E-state index contributed by atoms with van der Waals surface area (Å²) in [4.78, 5) is 17.3. The Balaban J connectivity index is 1.77. The quantitative estimate of drug-likeness (QED) is 0.537. The largest absolute Gasteiger partial charge is 0.327 e. The minimum atomic E-state index is -0.519. The summed E-state index contributed by atoms with van der Waals surface area (Å²) in [5, 5.41) is 0. The van der Waals surface area contributed by atoms with Crippen molar-refractivity contribution in [1.29, 1.82) is 0 Å². The lowest BCUT2D eigenvalue weighted by atomic mass is 10.3. The molecule has 0 saturated carbocycles. The third-order valence-corrected chi connectivity index (χ3v) is 4.14. The highest BCUT2D eigenvalue weighted by Crippen LogP contribution is 2.20. The van der Waals surface area contributed by atoms with E-state index in [1.165, 1.54) is 6.07 Å². The molecular weight excluding hydrogens is 319 g/mol. The molecule has 6 nitrogen and oxygen atoms in total. The molecule has 0 aliphatic rings. The molecule has 7 heteroatoms. The van der Waals surface area contributed by atoms with Crippen molar-refractivity contribution in [3.63, 3.8) is 0 Å². The summed E-state index contributed by atoms with van der Waals surface area (Å²) in [6, 6.07) is 6.74. The number of rotatable bonds is 4. The average molecular weight is 336 g/mol. The zero-order valence-electron chi connectivity index (χ0n) is 14.0. The molecule has 0 spiro atoms. The van der Waals surface area contributed by atoms with Gasteiger partial charge >= 0.3 is 0 Å². The zero-order chi connectivity index (χ0) is 17.4. The van der Waals surface area contributed by atoms with E-state index in [-0.39, 0.29) is 0 Å². The fraction of sp³-hybridized carbons (Fsp3) is 0.222. The Kier molecular flexibility index (Phi) is 3.76. The molecule has 0 radical (unpaired) electrons. The van der Waals surface area contributed by atoms with Gasteiger partial charge in [-0.3, -0.25) is 4.98 Å². The van der Waals surface area contributed by atoms with E-state index < -0.39 is 5.95 Å². The number of aromatic nitrogens is 6. The summed E-state index contributed by atoms with van der Waals surface area (Å²) in [6.07, 6.45) is 5.33. The maximum absolute atomic E-state index is 13.4. The fourth-order valence-electron chi connectivity index (χ4n) is 3.01. The maximum Gasteiger partial charge on any atom is 0.213 e. The minimum Gasteiger partial charge on any atom is -0.327 e. The molecule has 4 aromatic heterocycles. The van der Waals surface area contributed by atoms with Gasteiger partial charge in [0.15, 0.2) is 5.82 Å². The number of halogens is 1. The Hall–Kier alpha value is -3.09. The number of imidazole rings is 2. The van der Waals surface area contributed by atoms with Crippen LogP contribution in [0.3, 0.4) is 0 Å². The second-order valence-corrected chi connectivity index (χ2v) is 5.81. The summed E-state index contributed by atoms with van der Waals surface area (Å²) in [7, 11) is 0. The van der Waals surface area contributed by atoms with Crippen molar-refractivity contribution in [2.24, 2.45) is 0 Å². The van der Waals surface area contributed by atoms with Gasteiger partial charge in [-0.15, -0.1) is 0 Å². The van der Waals surface area contributed by atoms with Crippen molar-refractivity contribution in [2.75, 3.05) is 0 Å². The fourth-order valence-corrected chi connectivity index (χ4v) is 3.01. The first-order chi connectivity index (χ1) is 12.2. The molecule has 126 valence electrons. The Morgan fingerprint density at radius 3 is 2.84 bits per heavy atom. The molecule has 4 heterocycles. The Morgan fingerprint density at radius 1 is 1.16 bits per heavy atom. The van der Waals surface area contributed by atoms with Crippen LogP contribution in [-0.2, 0) is 13.1 Å². The summed E-state index contributed by atoms with van der Waals surface area (Å²) >= 11 is 0. The molecule has 0 aromatic carbocycles. The van der Waals surface area contributed by atoms with E-state index in [0.29, 0.717) is 18.1 Å². The average Bonchev–Trinajstić information content (AvgIpc) is 3.19. The summed E-state index contributed by atoms with van der Waals surface area (Å²) < 4.78 is 17.5. The third kappa shape index (κ3) is 2.77. The first-order valence-corrected chi connectivity index (χ1v) is 8.11. The van der Waals surface area contributed by atoms with Crippen molar-refractivity contribution in [3.8, 4) is 11.5 Å². The van der Waals surface area contributed by atoms with Crippen molar-refractivity contribution in [1.82, 2.24) is 29.1 Å². The van der Waals surface area contributed by atoms with Gasteiger partial charge in [-0.25, -0.2) is 15.0 Å². The topological polar surface area (TPSA) is 61.4 Å². The lowest BCUT2D eigenvalue weighted by Crippen LogP contribution is -2.09. The Bertz CT molecular complexity index is 1050. The summed E-state index contributed by atoms with van der Waals surface area (Å²) in [5.74, 6) is 0.999. The van der Waals surface area contributed by atoms with Gasteiger partial charge in [0, 0.05) is 24.6 Å². The molecule has 0 unspecified atom stereocenters. The van der Waals surface area contributed by atoms with E-state index in [1.807, 2.05) is 23.8 Å². The second-order valence-electron chi connectivity index (χ2n) is 5.81. The van der Waals surface area contributed by atoms with E-state index in [1.54, 1.807) is 24.5 Å². The van der Waals surface area contributed by atoms with E-state index in [4.69, 9.17) is 4.98 Å². The van der Waals surface area contributed by atoms with Crippen molar-refractivity contribution >= 4 is 11.0 Å². The van der Waals surface area contributed by atoms with Crippen molar-refractivity contribution in [3.05, 3.63) is 60.3 Å². The predicted molar refractivity (Wildman–Crippen MR) is 92.5 cm³/mol. The molecule has 0 N–H and O–H groups in total. The van der Waals surface area contributed by atoms with Crippen LogP contribution < -0.4 is 0 Å². The van der Waals surface area contributed by atoms with Crippen LogP contribution in [0.15, 0.2) is 42.9 Å². The van der Waals surface area contributed by atoms with Gasteiger partial charge < -0.3 is 9.13 Å². The molecule has 0 amide bonds. The van der Waals surface area contributed by atoms with Gasteiger partial charge in [-0.1, -0.05) is 6.07 Å². The minimum absolute atomic E-state index is 0.502. The monoisotopic (exact) mass is 336 g/mol. The lowest BCUT2D eigenvalue weighted by molar-refractivity contribution is 0.584. The Morgan fingerprint density at radius 2 is 2.04 bits per heavy atom. The number of hydrogen-bond donors (Lipinski definition) is 0. The number of nitrogens with zero attached hydrogens (tertiary/aromatic N) is 6. The molecule has 0 aliphatic heterocycles. The van der Waals surface area contributed by atoms with Gasteiger partial charge in [0.1, 0.15) is 17.0 Å². The molecular formula is C18H17FN6. The zero-order valence-corrected chi connectivity index (χ0v) is 14.0. The van der Waals surface area contributed by atoms with Gasteiger partial charge in [-0.05, 0) is 32.0 Å². The van der Waals surface area contributed by atoms with E-state index in [2.05, 4.69) is 26.4 Å². The molecule has 0 fully saturated rings. The van der Waals surface area contributed by atoms with Gasteiger partial charge in [0.05, 0.1) is 18.3 Å². The SMILES string of the molecule is CCn1c(Cn2ccnc2-c2cccc(F)n2)nc2cnc(C)cc21. The summed E-state index contributed by atoms with van der Waals surface area (Å²) in [5.41, 5.74) is 3.39. The van der Waals surface area contributed by atoms with Crippen LogP contribution in [-0.4, -0.2) is 29.1 Å². The van der Waals surface area contributed by atoms with Crippen LogP contribution in [0, 0.1) is 12.9 Å². The molecule has 0 bridgehead atoms. The molecule has 4 rings (SSSR count). The molecule has 0 aliphatic carbocycles. The highest BCUT2D eigenvalue weighted by atomic mass is 19.1. The second kappa shape index (κ2) is 6.08. The van der Waals surface area contributed by atoms with Crippen molar-refractivity contribution < 1.29 is 4.39 Å². The first kappa shape index (κ1) is 15.4. The normalized spacial score (nSPS) is 11.3. The highest BCUT2D eigenvalue weighted by molar-refractivity contribution is 5.75. The first-order valence-electron chi connectivity index (χ1n) is 8.11. The maximum atomic E-state index is 13.4. The number of aryl methyl sites for hydroxylation is 2. The van der Waals surface area contributed by atoms with Gasteiger partial charge in [0.2, 0.25) is 5.95 Å². The van der Waals surface area contributed by atoms with Crippen LogP contribution in [0.2, 0.25) is 0 Å². The third-order valence-electron chi connectivity index (χ3n) is 4.14. The van der Waals surface area contributed by atoms with Crippen LogP contribution in [0.25, 0.3) is 22.6 Å². The smallest absolute Gasteiger partial charge is 0.213 e. The summed E-state index contributed by atoms with van der Waals surface area (Å²) in [6.45, 7) is 5.38. The number of fused-ring (bicyclic) bond motifs is 1. The van der Waals surface area contributed by atoms with E-state index >= 15 is 0 Å². The Labute approximate surface area is 144 Å². The van der Waals surface area contributed by atoms with Gasteiger partial charge in [0.25, 0.3) is 0 Å².